The van der Waals surface area contributed by atoms with E-state index in [2.05, 4.69) is 15.0 Å². The number of fused-ring (bicyclic) bond motifs is 1. The molecule has 3 nitrogen and oxygen atoms in total. The molecule has 0 saturated carbocycles. The number of halogens is 1. The SMILES string of the molecule is Clc1ncc2c(n1)CN=CC2. The van der Waals surface area contributed by atoms with Gasteiger partial charge in [0, 0.05) is 18.8 Å². The summed E-state index contributed by atoms with van der Waals surface area (Å²) in [6.45, 7) is 0.636. The molecule has 0 aliphatic carbocycles. The van der Waals surface area contributed by atoms with Crippen LogP contribution in [0.3, 0.4) is 0 Å². The summed E-state index contributed by atoms with van der Waals surface area (Å²) in [5.74, 6) is 0. The molecular weight excluding hydrogens is 162 g/mol. The lowest BCUT2D eigenvalue weighted by Gasteiger charge is -2.07. The van der Waals surface area contributed by atoms with Crippen LogP contribution in [-0.4, -0.2) is 16.2 Å². The average Bonchev–Trinajstić information content (AvgIpc) is 2.04. The first-order valence-corrected chi connectivity index (χ1v) is 3.72. The van der Waals surface area contributed by atoms with Gasteiger partial charge in [-0.1, -0.05) is 0 Å². The molecule has 4 heteroatoms. The highest BCUT2D eigenvalue weighted by atomic mass is 35.5. The van der Waals surface area contributed by atoms with Crippen molar-refractivity contribution in [3.63, 3.8) is 0 Å². The molecule has 1 aliphatic heterocycles. The quantitative estimate of drug-likeness (QED) is 0.546. The van der Waals surface area contributed by atoms with Gasteiger partial charge in [-0.2, -0.15) is 0 Å². The molecule has 1 aromatic heterocycles. The van der Waals surface area contributed by atoms with E-state index in [1.807, 2.05) is 6.21 Å². The second kappa shape index (κ2) is 2.58. The molecule has 0 aromatic carbocycles. The predicted octanol–water partition coefficient (Wildman–Crippen LogP) is 1.26. The van der Waals surface area contributed by atoms with Crippen LogP contribution in [0.4, 0.5) is 0 Å². The largest absolute Gasteiger partial charge is 0.291 e. The van der Waals surface area contributed by atoms with Crippen molar-refractivity contribution in [2.24, 2.45) is 4.99 Å². The van der Waals surface area contributed by atoms with Gasteiger partial charge >= 0.3 is 0 Å². The number of hydrogen-bond donors (Lipinski definition) is 0. The van der Waals surface area contributed by atoms with Crippen molar-refractivity contribution in [2.75, 3.05) is 0 Å². The van der Waals surface area contributed by atoms with Gasteiger partial charge in [0.15, 0.2) is 0 Å². The number of nitrogens with zero attached hydrogens (tertiary/aromatic N) is 3. The van der Waals surface area contributed by atoms with E-state index >= 15 is 0 Å². The van der Waals surface area contributed by atoms with E-state index in [1.165, 1.54) is 0 Å². The third-order valence-corrected chi connectivity index (χ3v) is 1.79. The number of hydrogen-bond acceptors (Lipinski definition) is 3. The maximum absolute atomic E-state index is 5.60. The normalized spacial score (nSPS) is 14.6. The Balaban J connectivity index is 2.48. The fraction of sp³-hybridized carbons (Fsp3) is 0.286. The number of aliphatic imine (C=N–C) groups is 1. The third kappa shape index (κ3) is 1.24. The van der Waals surface area contributed by atoms with E-state index < -0.39 is 0 Å². The monoisotopic (exact) mass is 167 g/mol. The van der Waals surface area contributed by atoms with Crippen LogP contribution in [0.5, 0.6) is 0 Å². The van der Waals surface area contributed by atoms with Gasteiger partial charge < -0.3 is 0 Å². The molecule has 2 rings (SSSR count). The molecule has 0 fully saturated rings. The second-order valence-electron chi connectivity index (χ2n) is 2.34. The van der Waals surface area contributed by atoms with Crippen LogP contribution in [0.2, 0.25) is 5.28 Å². The van der Waals surface area contributed by atoms with E-state index in [0.29, 0.717) is 11.8 Å². The zero-order valence-corrected chi connectivity index (χ0v) is 6.54. The second-order valence-corrected chi connectivity index (χ2v) is 2.68. The smallest absolute Gasteiger partial charge is 0.222 e. The first kappa shape index (κ1) is 6.73. The Bertz CT molecular complexity index is 309. The van der Waals surface area contributed by atoms with Crippen molar-refractivity contribution in [1.82, 2.24) is 9.97 Å². The van der Waals surface area contributed by atoms with E-state index in [1.54, 1.807) is 6.20 Å². The Morgan fingerprint density at radius 2 is 2.36 bits per heavy atom. The minimum atomic E-state index is 0.306. The van der Waals surface area contributed by atoms with E-state index in [9.17, 15) is 0 Å². The van der Waals surface area contributed by atoms with Crippen molar-refractivity contribution in [3.8, 4) is 0 Å². The Kier molecular flexibility index (Phi) is 1.58. The van der Waals surface area contributed by atoms with Gasteiger partial charge in [-0.25, -0.2) is 9.97 Å². The van der Waals surface area contributed by atoms with E-state index in [0.717, 1.165) is 17.7 Å². The maximum atomic E-state index is 5.60. The lowest BCUT2D eigenvalue weighted by molar-refractivity contribution is 0.909. The van der Waals surface area contributed by atoms with Gasteiger partial charge in [0.2, 0.25) is 5.28 Å². The van der Waals surface area contributed by atoms with Crippen LogP contribution in [0, 0.1) is 0 Å². The van der Waals surface area contributed by atoms with Crippen molar-refractivity contribution in [2.45, 2.75) is 13.0 Å². The maximum Gasteiger partial charge on any atom is 0.222 e. The van der Waals surface area contributed by atoms with Crippen LogP contribution in [0.15, 0.2) is 11.2 Å². The first-order chi connectivity index (χ1) is 5.36. The molecule has 1 aromatic rings. The predicted molar refractivity (Wildman–Crippen MR) is 42.9 cm³/mol. The Morgan fingerprint density at radius 3 is 3.27 bits per heavy atom. The summed E-state index contributed by atoms with van der Waals surface area (Å²) >= 11 is 5.60. The summed E-state index contributed by atoms with van der Waals surface area (Å²) in [5.41, 5.74) is 2.08. The molecule has 56 valence electrons. The minimum Gasteiger partial charge on any atom is -0.291 e. The van der Waals surface area contributed by atoms with Crippen LogP contribution in [0.25, 0.3) is 0 Å². The Morgan fingerprint density at radius 1 is 1.45 bits per heavy atom. The minimum absolute atomic E-state index is 0.306. The third-order valence-electron chi connectivity index (χ3n) is 1.61. The summed E-state index contributed by atoms with van der Waals surface area (Å²) in [4.78, 5) is 12.0. The molecule has 0 amide bonds. The van der Waals surface area contributed by atoms with Crippen molar-refractivity contribution in [1.29, 1.82) is 0 Å². The summed E-state index contributed by atoms with van der Waals surface area (Å²) in [5, 5.41) is 0.306. The molecular formula is C7H6ClN3. The van der Waals surface area contributed by atoms with Gasteiger partial charge in [-0.3, -0.25) is 4.99 Å². The summed E-state index contributed by atoms with van der Waals surface area (Å²) in [6, 6.07) is 0. The standard InChI is InChI=1S/C7H6ClN3/c8-7-10-3-5-1-2-9-4-6(5)11-7/h2-3H,1,4H2. The van der Waals surface area contributed by atoms with Crippen LogP contribution in [0.1, 0.15) is 11.3 Å². The molecule has 0 radical (unpaired) electrons. The number of rotatable bonds is 0. The molecule has 0 unspecified atom stereocenters. The average molecular weight is 168 g/mol. The van der Waals surface area contributed by atoms with Gasteiger partial charge in [-0.15, -0.1) is 0 Å². The Hall–Kier alpha value is -0.960. The number of aromatic nitrogens is 2. The van der Waals surface area contributed by atoms with Gasteiger partial charge in [-0.05, 0) is 17.2 Å². The van der Waals surface area contributed by atoms with Gasteiger partial charge in [0.05, 0.1) is 12.2 Å². The van der Waals surface area contributed by atoms with Gasteiger partial charge in [0.25, 0.3) is 0 Å². The van der Waals surface area contributed by atoms with Crippen molar-refractivity contribution in [3.05, 3.63) is 22.7 Å². The highest BCUT2D eigenvalue weighted by Crippen LogP contribution is 2.12. The molecule has 11 heavy (non-hydrogen) atoms. The highest BCUT2D eigenvalue weighted by molar-refractivity contribution is 6.28. The lowest BCUT2D eigenvalue weighted by Crippen LogP contribution is -2.04. The van der Waals surface area contributed by atoms with Crippen molar-refractivity contribution >= 4 is 17.8 Å². The summed E-state index contributed by atoms with van der Waals surface area (Å²) in [7, 11) is 0. The summed E-state index contributed by atoms with van der Waals surface area (Å²) in [6.07, 6.45) is 4.46. The fourth-order valence-electron chi connectivity index (χ4n) is 1.04. The highest BCUT2D eigenvalue weighted by Gasteiger charge is 2.07. The lowest BCUT2D eigenvalue weighted by atomic mass is 10.1. The van der Waals surface area contributed by atoms with Crippen LogP contribution < -0.4 is 0 Å². The fourth-order valence-corrected chi connectivity index (χ4v) is 1.19. The van der Waals surface area contributed by atoms with E-state index in [-0.39, 0.29) is 0 Å². The van der Waals surface area contributed by atoms with Crippen LogP contribution in [-0.2, 0) is 13.0 Å². The zero-order valence-electron chi connectivity index (χ0n) is 5.79. The molecule has 1 aliphatic rings. The van der Waals surface area contributed by atoms with Crippen molar-refractivity contribution < 1.29 is 0 Å². The molecule has 0 N–H and O–H groups in total. The molecule has 0 bridgehead atoms. The summed E-state index contributed by atoms with van der Waals surface area (Å²) < 4.78 is 0. The molecule has 2 heterocycles. The topological polar surface area (TPSA) is 38.1 Å². The van der Waals surface area contributed by atoms with Crippen LogP contribution >= 0.6 is 11.6 Å². The molecule has 0 saturated heterocycles. The Labute approximate surface area is 69.2 Å². The molecule has 0 atom stereocenters. The first-order valence-electron chi connectivity index (χ1n) is 3.35. The molecule has 0 spiro atoms. The zero-order chi connectivity index (χ0) is 7.68. The van der Waals surface area contributed by atoms with Gasteiger partial charge in [0.1, 0.15) is 0 Å². The van der Waals surface area contributed by atoms with E-state index in [4.69, 9.17) is 11.6 Å².